The molecule has 0 aliphatic carbocycles. The van der Waals surface area contributed by atoms with Gasteiger partial charge in [-0.05, 0) is 12.1 Å². The standard InChI is InChI=1S/C12H15N3O3/c1-8(16)14-7-11(15-9(2)17)12(18)10-5-3-4-6-13-10/h3-6,11H,7H2,1-2H3,(H,14,16)(H,15,17). The second-order valence-electron chi connectivity index (χ2n) is 3.77. The summed E-state index contributed by atoms with van der Waals surface area (Å²) in [5.41, 5.74) is 0.251. The molecule has 0 aromatic carbocycles. The quantitative estimate of drug-likeness (QED) is 0.713. The molecule has 2 N–H and O–H groups in total. The molecule has 0 saturated heterocycles. The van der Waals surface area contributed by atoms with Crippen LogP contribution in [0.25, 0.3) is 0 Å². The smallest absolute Gasteiger partial charge is 0.217 e. The third-order valence-electron chi connectivity index (χ3n) is 2.17. The summed E-state index contributed by atoms with van der Waals surface area (Å²) in [7, 11) is 0. The number of pyridine rings is 1. The van der Waals surface area contributed by atoms with Gasteiger partial charge in [0.05, 0.1) is 0 Å². The number of ketones is 1. The Morgan fingerprint density at radius 1 is 1.22 bits per heavy atom. The summed E-state index contributed by atoms with van der Waals surface area (Å²) in [5.74, 6) is -0.937. The fourth-order valence-electron chi connectivity index (χ4n) is 1.39. The lowest BCUT2D eigenvalue weighted by Gasteiger charge is -2.16. The van der Waals surface area contributed by atoms with Crippen molar-refractivity contribution in [3.8, 4) is 0 Å². The molecule has 2 amide bonds. The van der Waals surface area contributed by atoms with E-state index in [4.69, 9.17) is 0 Å². The second-order valence-corrected chi connectivity index (χ2v) is 3.77. The maximum Gasteiger partial charge on any atom is 0.217 e. The van der Waals surface area contributed by atoms with Crippen LogP contribution in [0.1, 0.15) is 24.3 Å². The van der Waals surface area contributed by atoms with Crippen molar-refractivity contribution in [2.24, 2.45) is 0 Å². The molecular weight excluding hydrogens is 234 g/mol. The molecule has 1 atom stereocenters. The van der Waals surface area contributed by atoms with E-state index >= 15 is 0 Å². The zero-order valence-electron chi connectivity index (χ0n) is 10.3. The van der Waals surface area contributed by atoms with E-state index in [1.807, 2.05) is 0 Å². The van der Waals surface area contributed by atoms with Crippen molar-refractivity contribution in [2.75, 3.05) is 6.54 Å². The van der Waals surface area contributed by atoms with E-state index in [2.05, 4.69) is 15.6 Å². The van der Waals surface area contributed by atoms with Crippen LogP contribution in [0.5, 0.6) is 0 Å². The predicted molar refractivity (Wildman–Crippen MR) is 64.9 cm³/mol. The van der Waals surface area contributed by atoms with E-state index in [9.17, 15) is 14.4 Å². The summed E-state index contributed by atoms with van der Waals surface area (Å²) >= 11 is 0. The second kappa shape index (κ2) is 6.48. The molecule has 0 saturated carbocycles. The molecular formula is C12H15N3O3. The topological polar surface area (TPSA) is 88.2 Å². The molecule has 0 fully saturated rings. The van der Waals surface area contributed by atoms with Crippen molar-refractivity contribution in [1.29, 1.82) is 0 Å². The number of amides is 2. The van der Waals surface area contributed by atoms with Gasteiger partial charge in [0.25, 0.3) is 0 Å². The summed E-state index contributed by atoms with van der Waals surface area (Å²) in [4.78, 5) is 37.9. The SMILES string of the molecule is CC(=O)NCC(NC(C)=O)C(=O)c1ccccn1. The molecule has 0 aliphatic rings. The molecule has 18 heavy (non-hydrogen) atoms. The van der Waals surface area contributed by atoms with E-state index in [1.165, 1.54) is 20.0 Å². The molecule has 1 unspecified atom stereocenters. The number of carbonyl (C=O) groups is 3. The van der Waals surface area contributed by atoms with Gasteiger partial charge in [0.15, 0.2) is 0 Å². The molecule has 1 aromatic heterocycles. The van der Waals surface area contributed by atoms with Crippen molar-refractivity contribution in [1.82, 2.24) is 15.6 Å². The molecule has 1 rings (SSSR count). The monoisotopic (exact) mass is 249 g/mol. The molecule has 6 heteroatoms. The van der Waals surface area contributed by atoms with E-state index in [0.717, 1.165) is 0 Å². The maximum atomic E-state index is 12.1. The minimum Gasteiger partial charge on any atom is -0.354 e. The fourth-order valence-corrected chi connectivity index (χ4v) is 1.39. The number of nitrogens with one attached hydrogen (secondary N) is 2. The minimum absolute atomic E-state index is 0.0460. The molecule has 1 aromatic rings. The minimum atomic E-state index is -0.804. The number of aromatic nitrogens is 1. The third kappa shape index (κ3) is 4.32. The van der Waals surface area contributed by atoms with Gasteiger partial charge in [0.1, 0.15) is 11.7 Å². The average molecular weight is 249 g/mol. The molecule has 6 nitrogen and oxygen atoms in total. The Morgan fingerprint density at radius 3 is 2.44 bits per heavy atom. The number of carbonyl (C=O) groups excluding carboxylic acids is 3. The highest BCUT2D eigenvalue weighted by molar-refractivity contribution is 6.00. The average Bonchev–Trinajstić information content (AvgIpc) is 2.34. The van der Waals surface area contributed by atoms with Gasteiger partial charge < -0.3 is 10.6 Å². The van der Waals surface area contributed by atoms with Gasteiger partial charge in [-0.1, -0.05) is 6.07 Å². The van der Waals surface area contributed by atoms with Gasteiger partial charge in [-0.15, -0.1) is 0 Å². The highest BCUT2D eigenvalue weighted by Crippen LogP contribution is 1.99. The van der Waals surface area contributed by atoms with Crippen LogP contribution in [0.4, 0.5) is 0 Å². The van der Waals surface area contributed by atoms with Crippen LogP contribution in [-0.2, 0) is 9.59 Å². The molecule has 0 spiro atoms. The highest BCUT2D eigenvalue weighted by atomic mass is 16.2. The lowest BCUT2D eigenvalue weighted by molar-refractivity contribution is -0.121. The van der Waals surface area contributed by atoms with Crippen molar-refractivity contribution in [2.45, 2.75) is 19.9 Å². The van der Waals surface area contributed by atoms with Crippen molar-refractivity contribution < 1.29 is 14.4 Å². The zero-order chi connectivity index (χ0) is 13.5. The summed E-state index contributed by atoms with van der Waals surface area (Å²) < 4.78 is 0. The molecule has 1 heterocycles. The Balaban J connectivity index is 2.78. The normalized spacial score (nSPS) is 11.4. The van der Waals surface area contributed by atoms with Gasteiger partial charge in [0.2, 0.25) is 17.6 Å². The lowest BCUT2D eigenvalue weighted by Crippen LogP contribution is -2.47. The zero-order valence-corrected chi connectivity index (χ0v) is 10.3. The Labute approximate surface area is 105 Å². The first-order valence-electron chi connectivity index (χ1n) is 5.47. The van der Waals surface area contributed by atoms with Crippen LogP contribution in [0.3, 0.4) is 0 Å². The highest BCUT2D eigenvalue weighted by Gasteiger charge is 2.21. The van der Waals surface area contributed by atoms with Crippen LogP contribution in [0.15, 0.2) is 24.4 Å². The number of nitrogens with zero attached hydrogens (tertiary/aromatic N) is 1. The van der Waals surface area contributed by atoms with Crippen LogP contribution < -0.4 is 10.6 Å². The Morgan fingerprint density at radius 2 is 1.94 bits per heavy atom. The van der Waals surface area contributed by atoms with Gasteiger partial charge in [-0.25, -0.2) is 0 Å². The number of Topliss-reactive ketones (excluding diaryl/α,β-unsaturated/α-hetero) is 1. The molecule has 0 aliphatic heterocycles. The maximum absolute atomic E-state index is 12.1. The van der Waals surface area contributed by atoms with E-state index in [1.54, 1.807) is 18.2 Å². The molecule has 0 radical (unpaired) electrons. The van der Waals surface area contributed by atoms with Crippen LogP contribution in [0.2, 0.25) is 0 Å². The van der Waals surface area contributed by atoms with Crippen LogP contribution in [0, 0.1) is 0 Å². The van der Waals surface area contributed by atoms with Crippen molar-refractivity contribution in [3.05, 3.63) is 30.1 Å². The third-order valence-corrected chi connectivity index (χ3v) is 2.17. The summed E-state index contributed by atoms with van der Waals surface area (Å²) in [5, 5.41) is 4.99. The van der Waals surface area contributed by atoms with Crippen LogP contribution in [-0.4, -0.2) is 35.2 Å². The Hall–Kier alpha value is -2.24. The van der Waals surface area contributed by atoms with Crippen molar-refractivity contribution >= 4 is 17.6 Å². The summed E-state index contributed by atoms with van der Waals surface area (Å²) in [6.07, 6.45) is 1.50. The summed E-state index contributed by atoms with van der Waals surface area (Å²) in [6.45, 7) is 2.70. The number of rotatable bonds is 5. The van der Waals surface area contributed by atoms with Gasteiger partial charge >= 0.3 is 0 Å². The lowest BCUT2D eigenvalue weighted by atomic mass is 10.1. The largest absolute Gasteiger partial charge is 0.354 e. The summed E-state index contributed by atoms with van der Waals surface area (Å²) in [6, 6.07) is 4.13. The predicted octanol–water partition coefficient (Wildman–Crippen LogP) is -0.0949. The molecule has 96 valence electrons. The first kappa shape index (κ1) is 13.8. The van der Waals surface area contributed by atoms with Gasteiger partial charge in [0, 0.05) is 26.6 Å². The Kier molecular flexibility index (Phi) is 4.98. The van der Waals surface area contributed by atoms with Crippen molar-refractivity contribution in [3.63, 3.8) is 0 Å². The first-order chi connectivity index (χ1) is 8.50. The van der Waals surface area contributed by atoms with Gasteiger partial charge in [-0.2, -0.15) is 0 Å². The molecule has 0 bridgehead atoms. The van der Waals surface area contributed by atoms with Crippen LogP contribution >= 0.6 is 0 Å². The van der Waals surface area contributed by atoms with E-state index in [0.29, 0.717) is 0 Å². The van der Waals surface area contributed by atoms with E-state index in [-0.39, 0.29) is 29.8 Å². The Bertz CT molecular complexity index is 445. The fraction of sp³-hybridized carbons (Fsp3) is 0.333. The number of hydrogen-bond donors (Lipinski definition) is 2. The first-order valence-corrected chi connectivity index (χ1v) is 5.47. The van der Waals surface area contributed by atoms with E-state index < -0.39 is 6.04 Å². The van der Waals surface area contributed by atoms with Gasteiger partial charge in [-0.3, -0.25) is 19.4 Å². The number of hydrogen-bond acceptors (Lipinski definition) is 4.